The Labute approximate surface area is 195 Å². The van der Waals surface area contributed by atoms with E-state index in [1.165, 1.54) is 23.1 Å². The van der Waals surface area contributed by atoms with E-state index in [0.717, 1.165) is 22.2 Å². The molecule has 1 N–H and O–H groups in total. The fraction of sp³-hybridized carbons (Fsp3) is 0.417. The van der Waals surface area contributed by atoms with Crippen molar-refractivity contribution in [1.29, 1.82) is 0 Å². The second-order valence-corrected chi connectivity index (χ2v) is 10.9. The van der Waals surface area contributed by atoms with Gasteiger partial charge in [-0.1, -0.05) is 42.5 Å². The van der Waals surface area contributed by atoms with Gasteiger partial charge in [-0.2, -0.15) is 0 Å². The Hall–Kier alpha value is -2.94. The molecule has 0 saturated heterocycles. The third-order valence-corrected chi connectivity index (χ3v) is 6.08. The van der Waals surface area contributed by atoms with Crippen LogP contribution < -0.4 is 9.62 Å². The lowest BCUT2D eigenvalue weighted by molar-refractivity contribution is -0.139. The summed E-state index contributed by atoms with van der Waals surface area (Å²) >= 11 is 0. The molecule has 33 heavy (non-hydrogen) atoms. The van der Waals surface area contributed by atoms with Gasteiger partial charge in [-0.25, -0.2) is 12.8 Å². The topological polar surface area (TPSA) is 86.8 Å². The third-order valence-electron chi connectivity index (χ3n) is 4.95. The van der Waals surface area contributed by atoms with Crippen LogP contribution in [0, 0.1) is 5.82 Å². The Kier molecular flexibility index (Phi) is 8.60. The van der Waals surface area contributed by atoms with E-state index in [1.54, 1.807) is 6.92 Å². The van der Waals surface area contributed by atoms with Crippen LogP contribution in [0.2, 0.25) is 0 Å². The van der Waals surface area contributed by atoms with Gasteiger partial charge in [0, 0.05) is 12.1 Å². The fourth-order valence-corrected chi connectivity index (χ4v) is 4.14. The van der Waals surface area contributed by atoms with Gasteiger partial charge in [0.2, 0.25) is 21.8 Å². The maximum Gasteiger partial charge on any atom is 0.244 e. The number of carbonyl (C=O) groups is 2. The van der Waals surface area contributed by atoms with Gasteiger partial charge in [0.25, 0.3) is 0 Å². The maximum absolute atomic E-state index is 14.4. The zero-order chi connectivity index (χ0) is 24.8. The highest BCUT2D eigenvalue weighted by Gasteiger charge is 2.31. The molecule has 2 rings (SSSR count). The number of nitrogens with one attached hydrogen (secondary N) is 1. The Morgan fingerprint density at radius 1 is 1.03 bits per heavy atom. The molecule has 180 valence electrons. The predicted octanol–water partition coefficient (Wildman–Crippen LogP) is 2.97. The summed E-state index contributed by atoms with van der Waals surface area (Å²) in [6.07, 6.45) is 1.38. The number of anilines is 1. The van der Waals surface area contributed by atoms with Crippen LogP contribution in [0.1, 0.15) is 33.3 Å². The molecular weight excluding hydrogens is 445 g/mol. The van der Waals surface area contributed by atoms with Gasteiger partial charge >= 0.3 is 0 Å². The number of benzene rings is 2. The average Bonchev–Trinajstić information content (AvgIpc) is 2.71. The highest BCUT2D eigenvalue weighted by molar-refractivity contribution is 7.92. The zero-order valence-corrected chi connectivity index (χ0v) is 20.5. The number of carbonyl (C=O) groups excluding carboxylic acids is 2. The van der Waals surface area contributed by atoms with Crippen molar-refractivity contribution in [2.24, 2.45) is 0 Å². The molecule has 0 saturated carbocycles. The first kappa shape index (κ1) is 26.3. The quantitative estimate of drug-likeness (QED) is 0.602. The van der Waals surface area contributed by atoms with Crippen molar-refractivity contribution >= 4 is 27.5 Å². The van der Waals surface area contributed by atoms with Crippen LogP contribution in [0.3, 0.4) is 0 Å². The number of hydrogen-bond acceptors (Lipinski definition) is 4. The molecule has 2 amide bonds. The normalized spacial score (nSPS) is 12.7. The average molecular weight is 478 g/mol. The summed E-state index contributed by atoms with van der Waals surface area (Å²) in [5.74, 6) is -1.72. The van der Waals surface area contributed by atoms with E-state index in [9.17, 15) is 22.4 Å². The molecule has 9 heteroatoms. The van der Waals surface area contributed by atoms with Crippen molar-refractivity contribution < 1.29 is 22.4 Å². The van der Waals surface area contributed by atoms with Gasteiger partial charge < -0.3 is 10.2 Å². The molecule has 0 fully saturated rings. The smallest absolute Gasteiger partial charge is 0.244 e. The van der Waals surface area contributed by atoms with Crippen LogP contribution in [0.5, 0.6) is 0 Å². The van der Waals surface area contributed by atoms with Crippen LogP contribution >= 0.6 is 0 Å². The molecule has 0 spiro atoms. The highest BCUT2D eigenvalue weighted by Crippen LogP contribution is 2.22. The molecule has 0 aromatic heterocycles. The summed E-state index contributed by atoms with van der Waals surface area (Å²) in [6.45, 7) is 6.65. The van der Waals surface area contributed by atoms with Crippen LogP contribution in [0.25, 0.3) is 0 Å². The molecular formula is C24H32FN3O4S. The molecule has 0 radical (unpaired) electrons. The van der Waals surface area contributed by atoms with Crippen LogP contribution in [-0.2, 0) is 26.0 Å². The summed E-state index contributed by atoms with van der Waals surface area (Å²) in [5, 5.41) is 2.85. The lowest BCUT2D eigenvalue weighted by Gasteiger charge is -2.33. The van der Waals surface area contributed by atoms with Crippen molar-refractivity contribution in [1.82, 2.24) is 10.2 Å². The lowest BCUT2D eigenvalue weighted by atomic mass is 10.1. The van der Waals surface area contributed by atoms with Crippen molar-refractivity contribution in [2.45, 2.75) is 45.7 Å². The molecule has 2 aromatic rings. The Morgan fingerprint density at radius 2 is 1.61 bits per heavy atom. The first-order valence-electron chi connectivity index (χ1n) is 10.7. The molecule has 0 aliphatic rings. The first-order valence-corrected chi connectivity index (χ1v) is 12.5. The van der Waals surface area contributed by atoms with E-state index in [0.29, 0.717) is 6.42 Å². The van der Waals surface area contributed by atoms with Gasteiger partial charge in [0.1, 0.15) is 18.4 Å². The Balaban J connectivity index is 2.33. The first-order chi connectivity index (χ1) is 15.3. The number of amides is 2. The number of rotatable bonds is 9. The molecule has 0 unspecified atom stereocenters. The summed E-state index contributed by atoms with van der Waals surface area (Å²) < 4.78 is 39.9. The van der Waals surface area contributed by atoms with Gasteiger partial charge in [-0.15, -0.1) is 0 Å². The third kappa shape index (κ3) is 7.85. The van der Waals surface area contributed by atoms with E-state index in [2.05, 4.69) is 5.32 Å². The fourth-order valence-electron chi connectivity index (χ4n) is 3.29. The lowest BCUT2D eigenvalue weighted by Crippen LogP contribution is -2.55. The molecule has 0 bridgehead atoms. The summed E-state index contributed by atoms with van der Waals surface area (Å²) in [4.78, 5) is 27.5. The summed E-state index contributed by atoms with van der Waals surface area (Å²) in [5.41, 5.74) is 0.238. The number of halogens is 1. The standard InChI is InChI=1S/C24H32FN3O4S/c1-18(23(30)26-24(2,3)4)27(16-15-19-11-7-6-8-12-19)22(29)17-28(33(5,31)32)21-14-10-9-13-20(21)25/h6-14,18H,15-17H2,1-5H3,(H,26,30)/t18-/m1/s1. The summed E-state index contributed by atoms with van der Waals surface area (Å²) in [6, 6.07) is 13.9. The molecule has 2 aromatic carbocycles. The second-order valence-electron chi connectivity index (χ2n) is 8.96. The van der Waals surface area contributed by atoms with E-state index in [4.69, 9.17) is 0 Å². The Morgan fingerprint density at radius 3 is 2.15 bits per heavy atom. The minimum Gasteiger partial charge on any atom is -0.350 e. The molecule has 7 nitrogen and oxygen atoms in total. The van der Waals surface area contributed by atoms with Gasteiger partial charge in [-0.3, -0.25) is 13.9 Å². The number of sulfonamides is 1. The molecule has 0 aliphatic heterocycles. The van der Waals surface area contributed by atoms with Gasteiger partial charge in [0.05, 0.1) is 11.9 Å². The van der Waals surface area contributed by atoms with Crippen LogP contribution in [0.15, 0.2) is 54.6 Å². The van der Waals surface area contributed by atoms with E-state index in [-0.39, 0.29) is 18.1 Å². The monoisotopic (exact) mass is 477 g/mol. The number of hydrogen-bond donors (Lipinski definition) is 1. The largest absolute Gasteiger partial charge is 0.350 e. The molecule has 0 heterocycles. The predicted molar refractivity (Wildman–Crippen MR) is 128 cm³/mol. The van der Waals surface area contributed by atoms with E-state index in [1.807, 2.05) is 51.1 Å². The molecule has 0 aliphatic carbocycles. The van der Waals surface area contributed by atoms with E-state index < -0.39 is 39.9 Å². The van der Waals surface area contributed by atoms with Gasteiger partial charge in [-0.05, 0) is 51.8 Å². The van der Waals surface area contributed by atoms with Crippen LogP contribution in [0.4, 0.5) is 10.1 Å². The van der Waals surface area contributed by atoms with Gasteiger partial charge in [0.15, 0.2) is 0 Å². The highest BCUT2D eigenvalue weighted by atomic mass is 32.2. The maximum atomic E-state index is 14.4. The van der Waals surface area contributed by atoms with Crippen LogP contribution in [-0.4, -0.2) is 56.1 Å². The zero-order valence-electron chi connectivity index (χ0n) is 19.7. The second kappa shape index (κ2) is 10.8. The van der Waals surface area contributed by atoms with Crippen molar-refractivity contribution in [3.05, 3.63) is 66.0 Å². The SMILES string of the molecule is C[C@H](C(=O)NC(C)(C)C)N(CCc1ccccc1)C(=O)CN(c1ccccc1F)S(C)(=O)=O. The van der Waals surface area contributed by atoms with Crippen molar-refractivity contribution in [2.75, 3.05) is 23.7 Å². The Bertz CT molecular complexity index is 1070. The van der Waals surface area contributed by atoms with E-state index >= 15 is 0 Å². The number of para-hydroxylation sites is 1. The number of nitrogens with zero attached hydrogens (tertiary/aromatic N) is 2. The minimum absolute atomic E-state index is 0.191. The minimum atomic E-state index is -3.97. The summed E-state index contributed by atoms with van der Waals surface area (Å²) in [7, 11) is -3.97. The van der Waals surface area contributed by atoms with Crippen molar-refractivity contribution in [3.8, 4) is 0 Å². The molecule has 1 atom stereocenters. The van der Waals surface area contributed by atoms with Crippen molar-refractivity contribution in [3.63, 3.8) is 0 Å².